The van der Waals surface area contributed by atoms with E-state index >= 15 is 0 Å². The second-order valence-electron chi connectivity index (χ2n) is 5.68. The number of rotatable bonds is 3. The number of ether oxygens (including phenoxy) is 1. The van der Waals surface area contributed by atoms with Gasteiger partial charge in [-0.2, -0.15) is 0 Å². The van der Waals surface area contributed by atoms with Crippen LogP contribution in [0.15, 0.2) is 24.3 Å². The van der Waals surface area contributed by atoms with E-state index in [4.69, 9.17) is 4.74 Å². The number of tetrazole rings is 1. The van der Waals surface area contributed by atoms with E-state index in [1.54, 1.807) is 12.1 Å². The molecular formula is C15H19N5O2. The minimum Gasteiger partial charge on any atom is -0.465 e. The number of aromatic nitrogens is 4. The molecule has 1 atom stereocenters. The second kappa shape index (κ2) is 5.75. The Balaban J connectivity index is 1.92. The van der Waals surface area contributed by atoms with Crippen molar-refractivity contribution < 1.29 is 9.53 Å². The molecule has 0 N–H and O–H groups in total. The fourth-order valence-electron chi connectivity index (χ4n) is 2.92. The van der Waals surface area contributed by atoms with Crippen LogP contribution in [0.5, 0.6) is 0 Å². The Kier molecular flexibility index (Phi) is 3.79. The monoisotopic (exact) mass is 301 g/mol. The summed E-state index contributed by atoms with van der Waals surface area (Å²) in [7, 11) is 1.38. The van der Waals surface area contributed by atoms with Crippen molar-refractivity contribution in [3.05, 3.63) is 35.7 Å². The Morgan fingerprint density at radius 2 is 2.00 bits per heavy atom. The molecule has 2 heterocycles. The van der Waals surface area contributed by atoms with Gasteiger partial charge in [0.1, 0.15) is 0 Å². The number of esters is 1. The van der Waals surface area contributed by atoms with Crippen molar-refractivity contribution in [2.45, 2.75) is 26.4 Å². The zero-order valence-corrected chi connectivity index (χ0v) is 12.9. The van der Waals surface area contributed by atoms with Gasteiger partial charge >= 0.3 is 5.97 Å². The standard InChI is InChI=1S/C15H19N5O2/c1-10(2)13-14-16-17-18-20(14)9-8-19(13)12-6-4-11(5-7-12)15(21)22-3/h4-7,10,13H,8-9H2,1-3H3. The second-order valence-corrected chi connectivity index (χ2v) is 5.68. The molecule has 1 unspecified atom stereocenters. The van der Waals surface area contributed by atoms with Crippen LogP contribution >= 0.6 is 0 Å². The van der Waals surface area contributed by atoms with Crippen LogP contribution in [0.3, 0.4) is 0 Å². The molecule has 3 rings (SSSR count). The Morgan fingerprint density at radius 1 is 1.27 bits per heavy atom. The molecule has 22 heavy (non-hydrogen) atoms. The molecule has 0 radical (unpaired) electrons. The first kappa shape index (κ1) is 14.5. The van der Waals surface area contributed by atoms with Crippen molar-refractivity contribution in [3.63, 3.8) is 0 Å². The van der Waals surface area contributed by atoms with Crippen LogP contribution in [0.1, 0.15) is 36.1 Å². The molecule has 0 saturated carbocycles. The van der Waals surface area contributed by atoms with Crippen LogP contribution in [0.2, 0.25) is 0 Å². The molecule has 7 heteroatoms. The van der Waals surface area contributed by atoms with E-state index in [-0.39, 0.29) is 12.0 Å². The van der Waals surface area contributed by atoms with Gasteiger partial charge in [0, 0.05) is 12.2 Å². The fraction of sp³-hybridized carbons (Fsp3) is 0.467. The van der Waals surface area contributed by atoms with Gasteiger partial charge < -0.3 is 9.64 Å². The summed E-state index contributed by atoms with van der Waals surface area (Å²) >= 11 is 0. The topological polar surface area (TPSA) is 73.1 Å². The first-order valence-electron chi connectivity index (χ1n) is 7.33. The molecule has 7 nitrogen and oxygen atoms in total. The van der Waals surface area contributed by atoms with Gasteiger partial charge in [0.05, 0.1) is 25.3 Å². The van der Waals surface area contributed by atoms with Gasteiger partial charge in [-0.25, -0.2) is 9.48 Å². The van der Waals surface area contributed by atoms with E-state index < -0.39 is 0 Å². The number of carbonyl (C=O) groups excluding carboxylic acids is 1. The van der Waals surface area contributed by atoms with Gasteiger partial charge in [-0.1, -0.05) is 13.8 Å². The van der Waals surface area contributed by atoms with Gasteiger partial charge in [0.2, 0.25) is 0 Å². The summed E-state index contributed by atoms with van der Waals surface area (Å²) in [5.41, 5.74) is 1.61. The largest absolute Gasteiger partial charge is 0.465 e. The van der Waals surface area contributed by atoms with Crippen molar-refractivity contribution in [1.82, 2.24) is 20.2 Å². The van der Waals surface area contributed by atoms with Crippen LogP contribution in [0.25, 0.3) is 0 Å². The highest BCUT2D eigenvalue weighted by molar-refractivity contribution is 5.89. The summed E-state index contributed by atoms with van der Waals surface area (Å²) in [6.45, 7) is 5.90. The summed E-state index contributed by atoms with van der Waals surface area (Å²) in [6.07, 6.45) is 0. The predicted molar refractivity (Wildman–Crippen MR) is 80.5 cm³/mol. The molecule has 0 aliphatic carbocycles. The minimum atomic E-state index is -0.324. The Hall–Kier alpha value is -2.44. The third kappa shape index (κ3) is 2.43. The molecule has 0 saturated heterocycles. The van der Waals surface area contributed by atoms with Crippen LogP contribution in [0, 0.1) is 5.92 Å². The number of nitrogens with zero attached hydrogens (tertiary/aromatic N) is 5. The van der Waals surface area contributed by atoms with E-state index in [2.05, 4.69) is 34.3 Å². The fourth-order valence-corrected chi connectivity index (χ4v) is 2.92. The molecule has 0 spiro atoms. The van der Waals surface area contributed by atoms with E-state index in [9.17, 15) is 4.79 Å². The molecule has 0 fully saturated rings. The lowest BCUT2D eigenvalue weighted by Gasteiger charge is -2.38. The SMILES string of the molecule is COC(=O)c1ccc(N2CCn3nnnc3C2C(C)C)cc1. The average Bonchev–Trinajstić information content (AvgIpc) is 3.01. The van der Waals surface area contributed by atoms with Crippen molar-refractivity contribution in [2.75, 3.05) is 18.6 Å². The zero-order valence-electron chi connectivity index (χ0n) is 12.9. The molecule has 116 valence electrons. The summed E-state index contributed by atoms with van der Waals surface area (Å²) in [5.74, 6) is 0.929. The van der Waals surface area contributed by atoms with E-state index in [0.717, 1.165) is 24.6 Å². The molecule has 1 aromatic carbocycles. The number of hydrogen-bond acceptors (Lipinski definition) is 6. The van der Waals surface area contributed by atoms with Crippen LogP contribution in [-0.4, -0.2) is 39.8 Å². The van der Waals surface area contributed by atoms with Crippen LogP contribution in [-0.2, 0) is 11.3 Å². The van der Waals surface area contributed by atoms with E-state index in [1.807, 2.05) is 16.8 Å². The number of hydrogen-bond donors (Lipinski definition) is 0. The molecule has 1 aromatic heterocycles. The molecule has 1 aliphatic rings. The number of carbonyl (C=O) groups is 1. The molecule has 2 aromatic rings. The Bertz CT molecular complexity index is 665. The number of benzene rings is 1. The van der Waals surface area contributed by atoms with Gasteiger partial charge in [-0.05, 0) is 40.6 Å². The first-order chi connectivity index (χ1) is 10.6. The lowest BCUT2D eigenvalue weighted by Crippen LogP contribution is -2.41. The number of fused-ring (bicyclic) bond motifs is 1. The highest BCUT2D eigenvalue weighted by atomic mass is 16.5. The summed E-state index contributed by atoms with van der Waals surface area (Å²) in [4.78, 5) is 13.8. The maximum atomic E-state index is 11.5. The van der Waals surface area contributed by atoms with Crippen molar-refractivity contribution in [1.29, 1.82) is 0 Å². The van der Waals surface area contributed by atoms with Crippen LogP contribution in [0.4, 0.5) is 5.69 Å². The summed E-state index contributed by atoms with van der Waals surface area (Å²) < 4.78 is 6.60. The van der Waals surface area contributed by atoms with Crippen molar-refractivity contribution in [3.8, 4) is 0 Å². The van der Waals surface area contributed by atoms with Gasteiger partial charge in [0.25, 0.3) is 0 Å². The van der Waals surface area contributed by atoms with Crippen molar-refractivity contribution in [2.24, 2.45) is 5.92 Å². The Morgan fingerprint density at radius 3 is 2.64 bits per heavy atom. The lowest BCUT2D eigenvalue weighted by atomic mass is 9.99. The summed E-state index contributed by atoms with van der Waals surface area (Å²) in [6, 6.07) is 7.58. The average molecular weight is 301 g/mol. The molecule has 1 aliphatic heterocycles. The number of anilines is 1. The zero-order chi connectivity index (χ0) is 15.7. The molecular weight excluding hydrogens is 282 g/mol. The minimum absolute atomic E-state index is 0.118. The number of methoxy groups -OCH3 is 1. The molecule has 0 bridgehead atoms. The van der Waals surface area contributed by atoms with E-state index in [1.165, 1.54) is 7.11 Å². The maximum absolute atomic E-state index is 11.5. The van der Waals surface area contributed by atoms with Gasteiger partial charge in [0.15, 0.2) is 5.82 Å². The summed E-state index contributed by atoms with van der Waals surface area (Å²) in [5, 5.41) is 12.0. The third-order valence-electron chi connectivity index (χ3n) is 3.96. The Labute approximate surface area is 128 Å². The lowest BCUT2D eigenvalue weighted by molar-refractivity contribution is 0.0601. The van der Waals surface area contributed by atoms with Gasteiger partial charge in [-0.15, -0.1) is 5.10 Å². The normalized spacial score (nSPS) is 17.5. The highest BCUT2D eigenvalue weighted by Gasteiger charge is 2.32. The van der Waals surface area contributed by atoms with Crippen LogP contribution < -0.4 is 4.90 Å². The quantitative estimate of drug-likeness (QED) is 0.803. The maximum Gasteiger partial charge on any atom is 0.337 e. The van der Waals surface area contributed by atoms with Gasteiger partial charge in [-0.3, -0.25) is 0 Å². The highest BCUT2D eigenvalue weighted by Crippen LogP contribution is 2.34. The van der Waals surface area contributed by atoms with E-state index in [0.29, 0.717) is 11.5 Å². The van der Waals surface area contributed by atoms with Crippen molar-refractivity contribution >= 4 is 11.7 Å². The predicted octanol–water partition coefficient (Wildman–Crippen LogP) is 1.68. The molecule has 0 amide bonds. The third-order valence-corrected chi connectivity index (χ3v) is 3.96. The smallest absolute Gasteiger partial charge is 0.337 e. The first-order valence-corrected chi connectivity index (χ1v) is 7.33.